The van der Waals surface area contributed by atoms with Crippen LogP contribution in [0.25, 0.3) is 0 Å². The molecule has 0 aromatic rings. The number of fused-ring (bicyclic) bond motifs is 2. The molecule has 0 amide bonds. The fourth-order valence-electron chi connectivity index (χ4n) is 4.13. The normalized spacial score (nSPS) is 44.1. The van der Waals surface area contributed by atoms with Crippen molar-refractivity contribution in [3.05, 3.63) is 11.6 Å². The van der Waals surface area contributed by atoms with Crippen LogP contribution in [-0.4, -0.2) is 22.9 Å². The smallest absolute Gasteiger partial charge is 0.0674 e. The van der Waals surface area contributed by atoms with Crippen LogP contribution in [0.3, 0.4) is 0 Å². The Morgan fingerprint density at radius 2 is 2.12 bits per heavy atom. The molecule has 0 radical (unpaired) electrons. The van der Waals surface area contributed by atoms with Crippen LogP contribution in [0, 0.1) is 16.7 Å². The van der Waals surface area contributed by atoms with Gasteiger partial charge in [0, 0.05) is 5.41 Å². The molecular weight excluding hydrogens is 212 g/mol. The Labute approximate surface area is 105 Å². The number of aliphatic hydroxyl groups excluding tert-OH is 2. The topological polar surface area (TPSA) is 40.5 Å². The van der Waals surface area contributed by atoms with Gasteiger partial charge < -0.3 is 10.2 Å². The molecule has 0 aromatic carbocycles. The van der Waals surface area contributed by atoms with Crippen LogP contribution in [0.15, 0.2) is 11.6 Å². The maximum atomic E-state index is 10.6. The molecule has 0 spiro atoms. The highest BCUT2D eigenvalue weighted by Crippen LogP contribution is 2.64. The molecule has 0 aromatic heterocycles. The molecule has 2 aliphatic rings. The summed E-state index contributed by atoms with van der Waals surface area (Å²) in [6, 6.07) is 0. The highest BCUT2D eigenvalue weighted by Gasteiger charge is 2.62. The fourth-order valence-corrected chi connectivity index (χ4v) is 4.13. The number of hydrogen-bond acceptors (Lipinski definition) is 2. The van der Waals surface area contributed by atoms with Gasteiger partial charge in [0.05, 0.1) is 12.7 Å². The van der Waals surface area contributed by atoms with E-state index in [0.29, 0.717) is 5.92 Å². The number of aliphatic hydroxyl groups is 2. The molecule has 2 N–H and O–H groups in total. The third kappa shape index (κ3) is 1.96. The van der Waals surface area contributed by atoms with Gasteiger partial charge in [-0.2, -0.15) is 0 Å². The largest absolute Gasteiger partial charge is 0.396 e. The molecule has 0 aliphatic heterocycles. The number of allylic oxidation sites excluding steroid dienone is 2. The van der Waals surface area contributed by atoms with E-state index in [9.17, 15) is 10.2 Å². The Morgan fingerprint density at radius 1 is 1.41 bits per heavy atom. The Bertz CT molecular complexity index is 319. The van der Waals surface area contributed by atoms with Gasteiger partial charge in [-0.15, -0.1) is 0 Å². The summed E-state index contributed by atoms with van der Waals surface area (Å²) >= 11 is 0. The monoisotopic (exact) mass is 238 g/mol. The van der Waals surface area contributed by atoms with Gasteiger partial charge in [-0.1, -0.05) is 18.6 Å². The van der Waals surface area contributed by atoms with Crippen molar-refractivity contribution in [3.8, 4) is 0 Å². The minimum atomic E-state index is -0.315. The van der Waals surface area contributed by atoms with Gasteiger partial charge in [0.2, 0.25) is 0 Å². The van der Waals surface area contributed by atoms with Gasteiger partial charge in [0.1, 0.15) is 0 Å². The molecule has 17 heavy (non-hydrogen) atoms. The zero-order chi connectivity index (χ0) is 12.7. The first-order chi connectivity index (χ1) is 7.94. The molecule has 2 saturated carbocycles. The van der Waals surface area contributed by atoms with Crippen LogP contribution in [0.1, 0.15) is 52.9 Å². The van der Waals surface area contributed by atoms with E-state index in [4.69, 9.17) is 0 Å². The Hall–Kier alpha value is -0.340. The van der Waals surface area contributed by atoms with Crippen LogP contribution in [-0.2, 0) is 0 Å². The summed E-state index contributed by atoms with van der Waals surface area (Å²) < 4.78 is 0. The average molecular weight is 238 g/mol. The summed E-state index contributed by atoms with van der Waals surface area (Å²) in [6.45, 7) is 6.62. The van der Waals surface area contributed by atoms with E-state index in [1.165, 1.54) is 12.0 Å². The van der Waals surface area contributed by atoms with E-state index in [-0.39, 0.29) is 23.5 Å². The van der Waals surface area contributed by atoms with Gasteiger partial charge in [0.15, 0.2) is 0 Å². The highest BCUT2D eigenvalue weighted by molar-refractivity contribution is 5.12. The van der Waals surface area contributed by atoms with Gasteiger partial charge >= 0.3 is 0 Å². The van der Waals surface area contributed by atoms with Crippen molar-refractivity contribution in [2.45, 2.75) is 59.0 Å². The van der Waals surface area contributed by atoms with Crippen LogP contribution < -0.4 is 0 Å². The summed E-state index contributed by atoms with van der Waals surface area (Å²) in [4.78, 5) is 0. The van der Waals surface area contributed by atoms with Crippen molar-refractivity contribution in [3.63, 3.8) is 0 Å². The van der Waals surface area contributed by atoms with Gasteiger partial charge in [-0.3, -0.25) is 0 Å². The second-order valence-electron chi connectivity index (χ2n) is 6.69. The fraction of sp³-hybridized carbons (Fsp3) is 0.867. The van der Waals surface area contributed by atoms with Gasteiger partial charge in [0.25, 0.3) is 0 Å². The SMILES string of the molecule is CC(C)=CCC[C@]1(C)C2CCC(CO)(C2)[C@H]1O. The van der Waals surface area contributed by atoms with Crippen molar-refractivity contribution in [2.75, 3.05) is 6.61 Å². The first kappa shape index (κ1) is 13.1. The first-order valence-electron chi connectivity index (χ1n) is 6.87. The summed E-state index contributed by atoms with van der Waals surface area (Å²) in [5.41, 5.74) is 1.19. The highest BCUT2D eigenvalue weighted by atomic mass is 16.3. The van der Waals surface area contributed by atoms with E-state index < -0.39 is 0 Å². The summed E-state index contributed by atoms with van der Waals surface area (Å²) in [7, 11) is 0. The summed E-state index contributed by atoms with van der Waals surface area (Å²) in [5.74, 6) is 0.607. The van der Waals surface area contributed by atoms with Crippen molar-refractivity contribution >= 4 is 0 Å². The third-order valence-electron chi connectivity index (χ3n) is 5.33. The number of hydrogen-bond donors (Lipinski definition) is 2. The lowest BCUT2D eigenvalue weighted by atomic mass is 9.66. The van der Waals surface area contributed by atoms with E-state index >= 15 is 0 Å². The maximum Gasteiger partial charge on any atom is 0.0674 e. The second kappa shape index (κ2) is 4.40. The van der Waals surface area contributed by atoms with E-state index in [1.54, 1.807) is 0 Å². The Kier molecular flexibility index (Phi) is 3.39. The van der Waals surface area contributed by atoms with E-state index in [2.05, 4.69) is 26.8 Å². The molecule has 2 fully saturated rings. The zero-order valence-corrected chi connectivity index (χ0v) is 11.4. The lowest BCUT2D eigenvalue weighted by molar-refractivity contribution is -0.0743. The standard InChI is InChI=1S/C15H26O2/c1-11(2)5-4-7-14(3)12-6-8-15(9-12,10-16)13(14)17/h5,12-13,16-17H,4,6-10H2,1-3H3/t12?,13-,14+,15?/m0/s1. The Morgan fingerprint density at radius 3 is 2.65 bits per heavy atom. The first-order valence-corrected chi connectivity index (χ1v) is 6.87. The average Bonchev–Trinajstić information content (AvgIpc) is 2.79. The molecule has 2 unspecified atom stereocenters. The quantitative estimate of drug-likeness (QED) is 0.739. The minimum absolute atomic E-state index is 0.0208. The minimum Gasteiger partial charge on any atom is -0.396 e. The molecule has 4 atom stereocenters. The van der Waals surface area contributed by atoms with Crippen LogP contribution >= 0.6 is 0 Å². The second-order valence-corrected chi connectivity index (χ2v) is 6.69. The Balaban J connectivity index is 2.08. The summed E-state index contributed by atoms with van der Waals surface area (Å²) in [5, 5.41) is 20.2. The predicted molar refractivity (Wildman–Crippen MR) is 69.6 cm³/mol. The lowest BCUT2D eigenvalue weighted by Crippen LogP contribution is -2.45. The van der Waals surface area contributed by atoms with Crippen LogP contribution in [0.4, 0.5) is 0 Å². The van der Waals surface area contributed by atoms with Crippen molar-refractivity contribution < 1.29 is 10.2 Å². The van der Waals surface area contributed by atoms with Crippen molar-refractivity contribution in [1.29, 1.82) is 0 Å². The molecule has 98 valence electrons. The molecular formula is C15H26O2. The maximum absolute atomic E-state index is 10.6. The van der Waals surface area contributed by atoms with Crippen LogP contribution in [0.2, 0.25) is 0 Å². The molecule has 2 bridgehead atoms. The third-order valence-corrected chi connectivity index (χ3v) is 5.33. The zero-order valence-electron chi connectivity index (χ0n) is 11.4. The van der Waals surface area contributed by atoms with Crippen molar-refractivity contribution in [1.82, 2.24) is 0 Å². The van der Waals surface area contributed by atoms with Gasteiger partial charge in [-0.25, -0.2) is 0 Å². The van der Waals surface area contributed by atoms with E-state index in [0.717, 1.165) is 25.7 Å². The molecule has 2 nitrogen and oxygen atoms in total. The summed E-state index contributed by atoms with van der Waals surface area (Å²) in [6.07, 6.45) is 7.26. The van der Waals surface area contributed by atoms with Gasteiger partial charge in [-0.05, 0) is 57.3 Å². The van der Waals surface area contributed by atoms with Crippen LogP contribution in [0.5, 0.6) is 0 Å². The van der Waals surface area contributed by atoms with E-state index in [1.807, 2.05) is 0 Å². The molecule has 2 heteroatoms. The van der Waals surface area contributed by atoms with Crippen molar-refractivity contribution in [2.24, 2.45) is 16.7 Å². The predicted octanol–water partition coefficient (Wildman–Crippen LogP) is 2.89. The molecule has 0 saturated heterocycles. The molecule has 0 heterocycles. The molecule has 2 rings (SSSR count). The lowest BCUT2D eigenvalue weighted by Gasteiger charge is -2.42. The molecule has 2 aliphatic carbocycles. The number of rotatable bonds is 4.